The first kappa shape index (κ1) is 20.1. The van der Waals surface area contributed by atoms with Crippen molar-refractivity contribution in [3.63, 3.8) is 0 Å². The second-order valence-electron chi connectivity index (χ2n) is 6.95. The number of anilines is 2. The van der Waals surface area contributed by atoms with Crippen LogP contribution in [0.4, 0.5) is 20.2 Å². The van der Waals surface area contributed by atoms with E-state index >= 15 is 0 Å². The van der Waals surface area contributed by atoms with E-state index < -0.39 is 5.82 Å². The Morgan fingerprint density at radius 1 is 1.07 bits per heavy atom. The van der Waals surface area contributed by atoms with E-state index in [1.165, 1.54) is 42.1 Å². The molecule has 1 unspecified atom stereocenters. The Hall–Kier alpha value is -3.19. The lowest BCUT2D eigenvalue weighted by Gasteiger charge is -2.25. The number of thioether (sulfide) groups is 1. The van der Waals surface area contributed by atoms with Crippen LogP contribution in [-0.2, 0) is 4.79 Å². The smallest absolute Gasteiger partial charge is 0.255 e. The monoisotopic (exact) mass is 424 g/mol. The summed E-state index contributed by atoms with van der Waals surface area (Å²) in [5, 5.41) is 2.46. The largest absolute Gasteiger partial charge is 0.322 e. The standard InChI is InChI=1S/C23H18F2N2O2S/c1-14-5-10-19(12-20(14)25)27-21(28)13-30-23(27)16-3-2-4-18(11-16)26-22(29)15-6-8-17(24)9-7-15/h2-12,23H,13H2,1H3,(H,26,29). The third-order valence-electron chi connectivity index (χ3n) is 4.84. The van der Waals surface area contributed by atoms with Gasteiger partial charge in [0.1, 0.15) is 17.0 Å². The first-order chi connectivity index (χ1) is 14.4. The van der Waals surface area contributed by atoms with Gasteiger partial charge in [0.05, 0.1) is 5.75 Å². The molecule has 3 aromatic carbocycles. The Kier molecular flexibility index (Phi) is 5.55. The summed E-state index contributed by atoms with van der Waals surface area (Å²) in [6, 6.07) is 17.2. The van der Waals surface area contributed by atoms with Gasteiger partial charge in [-0.1, -0.05) is 18.2 Å². The van der Waals surface area contributed by atoms with Crippen molar-refractivity contribution in [3.8, 4) is 0 Å². The predicted molar refractivity (Wildman–Crippen MR) is 115 cm³/mol. The summed E-state index contributed by atoms with van der Waals surface area (Å²) >= 11 is 1.44. The fourth-order valence-corrected chi connectivity index (χ4v) is 4.42. The quantitative estimate of drug-likeness (QED) is 0.618. The summed E-state index contributed by atoms with van der Waals surface area (Å²) in [5.41, 5.74) is 2.71. The van der Waals surface area contributed by atoms with E-state index in [-0.39, 0.29) is 28.8 Å². The molecule has 1 N–H and O–H groups in total. The Morgan fingerprint density at radius 3 is 2.57 bits per heavy atom. The molecule has 7 heteroatoms. The number of halogens is 2. The van der Waals surface area contributed by atoms with Gasteiger partial charge in [-0.25, -0.2) is 8.78 Å². The van der Waals surface area contributed by atoms with Crippen LogP contribution < -0.4 is 10.2 Å². The molecule has 1 aliphatic rings. The lowest BCUT2D eigenvalue weighted by atomic mass is 10.1. The number of carbonyl (C=O) groups excluding carboxylic acids is 2. The first-order valence-electron chi connectivity index (χ1n) is 9.29. The van der Waals surface area contributed by atoms with E-state index in [4.69, 9.17) is 0 Å². The van der Waals surface area contributed by atoms with Crippen molar-refractivity contribution in [2.75, 3.05) is 16.0 Å². The maximum Gasteiger partial charge on any atom is 0.255 e. The molecule has 0 spiro atoms. The number of amides is 2. The van der Waals surface area contributed by atoms with Gasteiger partial charge in [-0.3, -0.25) is 14.5 Å². The van der Waals surface area contributed by atoms with E-state index in [0.29, 0.717) is 22.5 Å². The zero-order valence-corrected chi connectivity index (χ0v) is 16.9. The van der Waals surface area contributed by atoms with Gasteiger partial charge in [0.2, 0.25) is 5.91 Å². The minimum absolute atomic E-state index is 0.103. The highest BCUT2D eigenvalue weighted by Gasteiger charge is 2.34. The summed E-state index contributed by atoms with van der Waals surface area (Å²) < 4.78 is 27.1. The minimum atomic E-state index is -0.413. The number of nitrogens with one attached hydrogen (secondary N) is 1. The molecule has 1 fully saturated rings. The summed E-state index contributed by atoms with van der Waals surface area (Å²) in [4.78, 5) is 26.5. The number of carbonyl (C=O) groups is 2. The maximum atomic E-state index is 14.1. The molecule has 0 aromatic heterocycles. The van der Waals surface area contributed by atoms with Gasteiger partial charge in [0.15, 0.2) is 0 Å². The van der Waals surface area contributed by atoms with Crippen LogP contribution in [0, 0.1) is 18.6 Å². The molecule has 3 aromatic rings. The van der Waals surface area contributed by atoms with Crippen molar-refractivity contribution in [3.05, 3.63) is 95.1 Å². The molecule has 0 aliphatic carbocycles. The highest BCUT2D eigenvalue weighted by molar-refractivity contribution is 8.00. The van der Waals surface area contributed by atoms with Crippen LogP contribution in [-0.4, -0.2) is 17.6 Å². The molecular weight excluding hydrogens is 406 g/mol. The van der Waals surface area contributed by atoms with Crippen molar-refractivity contribution >= 4 is 35.0 Å². The molecule has 0 bridgehead atoms. The summed E-state index contributed by atoms with van der Waals surface area (Å²) in [6.45, 7) is 1.67. The van der Waals surface area contributed by atoms with Crippen LogP contribution in [0.25, 0.3) is 0 Å². The SMILES string of the molecule is Cc1ccc(N2C(=O)CSC2c2cccc(NC(=O)c3ccc(F)cc3)c2)cc1F. The van der Waals surface area contributed by atoms with Crippen molar-refractivity contribution in [1.82, 2.24) is 0 Å². The Morgan fingerprint density at radius 2 is 1.83 bits per heavy atom. The number of rotatable bonds is 4. The van der Waals surface area contributed by atoms with Crippen molar-refractivity contribution < 1.29 is 18.4 Å². The lowest BCUT2D eigenvalue weighted by molar-refractivity contribution is -0.115. The molecule has 1 aliphatic heterocycles. The van der Waals surface area contributed by atoms with Crippen molar-refractivity contribution in [2.45, 2.75) is 12.3 Å². The van der Waals surface area contributed by atoms with Crippen LogP contribution in [0.1, 0.15) is 26.9 Å². The van der Waals surface area contributed by atoms with Gasteiger partial charge in [-0.05, 0) is 66.6 Å². The second kappa shape index (κ2) is 8.28. The zero-order valence-electron chi connectivity index (χ0n) is 16.1. The first-order valence-corrected chi connectivity index (χ1v) is 10.3. The summed E-state index contributed by atoms with van der Waals surface area (Å²) in [6.07, 6.45) is 0. The zero-order chi connectivity index (χ0) is 21.3. The minimum Gasteiger partial charge on any atom is -0.322 e. The topological polar surface area (TPSA) is 49.4 Å². The molecular formula is C23H18F2N2O2S. The van der Waals surface area contributed by atoms with Crippen LogP contribution >= 0.6 is 11.8 Å². The molecule has 4 nitrogen and oxygen atoms in total. The van der Waals surface area contributed by atoms with E-state index in [9.17, 15) is 18.4 Å². The third kappa shape index (κ3) is 4.07. The summed E-state index contributed by atoms with van der Waals surface area (Å²) in [7, 11) is 0. The van der Waals surface area contributed by atoms with E-state index in [1.54, 1.807) is 42.2 Å². The number of benzene rings is 3. The van der Waals surface area contributed by atoms with Crippen molar-refractivity contribution in [2.24, 2.45) is 0 Å². The number of hydrogen-bond acceptors (Lipinski definition) is 3. The molecule has 0 saturated carbocycles. The Balaban J connectivity index is 1.59. The molecule has 2 amide bonds. The third-order valence-corrected chi connectivity index (χ3v) is 6.05. The molecule has 1 saturated heterocycles. The molecule has 0 radical (unpaired) electrons. The van der Waals surface area contributed by atoms with Gasteiger partial charge in [-0.2, -0.15) is 0 Å². The average Bonchev–Trinajstić information content (AvgIpc) is 3.12. The average molecular weight is 424 g/mol. The molecule has 30 heavy (non-hydrogen) atoms. The Labute approximate surface area is 176 Å². The fraction of sp³-hybridized carbons (Fsp3) is 0.130. The van der Waals surface area contributed by atoms with Crippen LogP contribution in [0.2, 0.25) is 0 Å². The Bertz CT molecular complexity index is 1120. The van der Waals surface area contributed by atoms with Gasteiger partial charge in [0, 0.05) is 16.9 Å². The predicted octanol–water partition coefficient (Wildman–Crippen LogP) is 5.30. The van der Waals surface area contributed by atoms with E-state index in [0.717, 1.165) is 5.56 Å². The van der Waals surface area contributed by atoms with Crippen LogP contribution in [0.5, 0.6) is 0 Å². The number of nitrogens with zero attached hydrogens (tertiary/aromatic N) is 1. The van der Waals surface area contributed by atoms with Gasteiger partial charge >= 0.3 is 0 Å². The number of hydrogen-bond donors (Lipinski definition) is 1. The molecule has 4 rings (SSSR count). The lowest BCUT2D eigenvalue weighted by Crippen LogP contribution is -2.28. The van der Waals surface area contributed by atoms with E-state index in [2.05, 4.69) is 5.32 Å². The molecule has 1 atom stereocenters. The second-order valence-corrected chi connectivity index (χ2v) is 8.02. The maximum absolute atomic E-state index is 14.1. The van der Waals surface area contributed by atoms with E-state index in [1.807, 2.05) is 6.07 Å². The van der Waals surface area contributed by atoms with Gasteiger partial charge in [-0.15, -0.1) is 11.8 Å². The highest BCUT2D eigenvalue weighted by Crippen LogP contribution is 2.42. The van der Waals surface area contributed by atoms with Gasteiger partial charge in [0.25, 0.3) is 5.91 Å². The van der Waals surface area contributed by atoms with Crippen LogP contribution in [0.15, 0.2) is 66.7 Å². The fourth-order valence-electron chi connectivity index (χ4n) is 3.26. The molecule has 1 heterocycles. The van der Waals surface area contributed by atoms with Gasteiger partial charge < -0.3 is 5.32 Å². The number of aryl methyl sites for hydroxylation is 1. The van der Waals surface area contributed by atoms with Crippen molar-refractivity contribution in [1.29, 1.82) is 0 Å². The normalized spacial score (nSPS) is 16.0. The molecule has 152 valence electrons. The highest BCUT2D eigenvalue weighted by atomic mass is 32.2. The van der Waals surface area contributed by atoms with Crippen LogP contribution in [0.3, 0.4) is 0 Å². The summed E-state index contributed by atoms with van der Waals surface area (Å²) in [5.74, 6) is -0.957.